The van der Waals surface area contributed by atoms with E-state index in [9.17, 15) is 0 Å². The molecule has 106 valence electrons. The molecule has 1 aromatic carbocycles. The Labute approximate surface area is 122 Å². The molecular weight excluding hydrogens is 274 g/mol. The van der Waals surface area contributed by atoms with Gasteiger partial charge in [0.25, 0.3) is 0 Å². The van der Waals surface area contributed by atoms with Crippen LogP contribution < -0.4 is 15.2 Å². The molecular formula is C15H17NO3S. The lowest BCUT2D eigenvalue weighted by molar-refractivity contribution is 0.123. The van der Waals surface area contributed by atoms with Gasteiger partial charge in [0, 0.05) is 28.6 Å². The number of benzene rings is 1. The van der Waals surface area contributed by atoms with E-state index in [4.69, 9.17) is 19.9 Å². The van der Waals surface area contributed by atoms with Crippen LogP contribution in [0.15, 0.2) is 29.6 Å². The van der Waals surface area contributed by atoms with E-state index in [-0.39, 0.29) is 0 Å². The van der Waals surface area contributed by atoms with Crippen molar-refractivity contribution in [1.82, 2.24) is 0 Å². The second-order valence-corrected chi connectivity index (χ2v) is 5.61. The summed E-state index contributed by atoms with van der Waals surface area (Å²) in [5, 5.41) is 2.08. The molecule has 0 aliphatic carbocycles. The van der Waals surface area contributed by atoms with Crippen LogP contribution in [0.25, 0.3) is 0 Å². The summed E-state index contributed by atoms with van der Waals surface area (Å²) in [6.45, 7) is 2.33. The van der Waals surface area contributed by atoms with E-state index in [1.165, 1.54) is 4.88 Å². The summed E-state index contributed by atoms with van der Waals surface area (Å²) in [7, 11) is 0. The predicted octanol–water partition coefficient (Wildman–Crippen LogP) is 2.86. The Bertz CT molecular complexity index is 569. The van der Waals surface area contributed by atoms with Gasteiger partial charge in [-0.05, 0) is 17.5 Å². The Morgan fingerprint density at radius 3 is 2.75 bits per heavy atom. The fraction of sp³-hybridized carbons (Fsp3) is 0.333. The van der Waals surface area contributed by atoms with Crippen LogP contribution >= 0.6 is 11.3 Å². The molecule has 1 aliphatic rings. The third-order valence-corrected chi connectivity index (χ3v) is 4.07. The smallest absolute Gasteiger partial charge is 0.163 e. The molecule has 0 saturated heterocycles. The van der Waals surface area contributed by atoms with Crippen LogP contribution in [0.1, 0.15) is 10.4 Å². The number of fused-ring (bicyclic) bond motifs is 1. The molecule has 2 N–H and O–H groups in total. The van der Waals surface area contributed by atoms with Crippen molar-refractivity contribution in [3.05, 3.63) is 40.1 Å². The average Bonchev–Trinajstić information content (AvgIpc) is 2.97. The molecule has 0 spiro atoms. The number of hydrogen-bond acceptors (Lipinski definition) is 5. The summed E-state index contributed by atoms with van der Waals surface area (Å²) in [6.07, 6.45) is 0.933. The van der Waals surface area contributed by atoms with E-state index in [0.29, 0.717) is 32.1 Å². The van der Waals surface area contributed by atoms with E-state index < -0.39 is 0 Å². The van der Waals surface area contributed by atoms with Gasteiger partial charge in [0.05, 0.1) is 13.2 Å². The third-order valence-electron chi connectivity index (χ3n) is 3.13. The molecule has 3 rings (SSSR count). The summed E-state index contributed by atoms with van der Waals surface area (Å²) in [6, 6.07) is 7.90. The molecule has 1 aliphatic heterocycles. The van der Waals surface area contributed by atoms with Crippen molar-refractivity contribution >= 4 is 17.0 Å². The van der Waals surface area contributed by atoms with Crippen molar-refractivity contribution in [3.8, 4) is 11.5 Å². The highest BCUT2D eigenvalue weighted by atomic mass is 32.1. The van der Waals surface area contributed by atoms with Gasteiger partial charge in [-0.1, -0.05) is 6.07 Å². The zero-order valence-electron chi connectivity index (χ0n) is 11.1. The lowest BCUT2D eigenvalue weighted by atomic mass is 10.1. The number of thiophene rings is 1. The first kappa shape index (κ1) is 13.3. The van der Waals surface area contributed by atoms with Gasteiger partial charge < -0.3 is 19.9 Å². The topological polar surface area (TPSA) is 53.7 Å². The second kappa shape index (κ2) is 6.15. The molecule has 2 aromatic rings. The Morgan fingerprint density at radius 2 is 2.00 bits per heavy atom. The third kappa shape index (κ3) is 3.05. The Kier molecular flexibility index (Phi) is 4.08. The molecule has 0 amide bonds. The zero-order valence-corrected chi connectivity index (χ0v) is 11.9. The van der Waals surface area contributed by atoms with Gasteiger partial charge in [-0.25, -0.2) is 0 Å². The number of rotatable bonds is 5. The van der Waals surface area contributed by atoms with E-state index in [1.54, 1.807) is 11.3 Å². The van der Waals surface area contributed by atoms with Crippen LogP contribution in [0, 0.1) is 0 Å². The molecule has 0 saturated carbocycles. The Balaban J connectivity index is 1.57. The molecule has 1 aromatic heterocycles. The number of ether oxygens (including phenoxy) is 3. The van der Waals surface area contributed by atoms with Crippen molar-refractivity contribution in [2.75, 3.05) is 25.6 Å². The SMILES string of the molecule is Nc1cc2c(cc1COCCc1cccs1)OCCO2. The summed E-state index contributed by atoms with van der Waals surface area (Å²) in [5.74, 6) is 1.47. The molecule has 0 radical (unpaired) electrons. The largest absolute Gasteiger partial charge is 0.486 e. The summed E-state index contributed by atoms with van der Waals surface area (Å²) in [4.78, 5) is 1.33. The fourth-order valence-electron chi connectivity index (χ4n) is 2.08. The normalized spacial score (nSPS) is 13.4. The molecule has 0 bridgehead atoms. The first-order valence-corrected chi connectivity index (χ1v) is 7.49. The van der Waals surface area contributed by atoms with Gasteiger partial charge in [0.1, 0.15) is 13.2 Å². The van der Waals surface area contributed by atoms with E-state index in [2.05, 4.69) is 17.5 Å². The molecule has 4 nitrogen and oxygen atoms in total. The van der Waals surface area contributed by atoms with Crippen molar-refractivity contribution in [2.45, 2.75) is 13.0 Å². The second-order valence-electron chi connectivity index (χ2n) is 4.58. The van der Waals surface area contributed by atoms with Gasteiger partial charge in [-0.3, -0.25) is 0 Å². The van der Waals surface area contributed by atoms with E-state index in [0.717, 1.165) is 23.5 Å². The highest BCUT2D eigenvalue weighted by Crippen LogP contribution is 2.34. The van der Waals surface area contributed by atoms with Crippen LogP contribution in [0.3, 0.4) is 0 Å². The minimum Gasteiger partial charge on any atom is -0.486 e. The van der Waals surface area contributed by atoms with E-state index in [1.807, 2.05) is 12.1 Å². The summed E-state index contributed by atoms with van der Waals surface area (Å²) in [5.41, 5.74) is 7.64. The molecule has 0 unspecified atom stereocenters. The van der Waals surface area contributed by atoms with E-state index >= 15 is 0 Å². The maximum Gasteiger partial charge on any atom is 0.163 e. The Morgan fingerprint density at radius 1 is 1.20 bits per heavy atom. The van der Waals surface area contributed by atoms with Crippen LogP contribution in [-0.4, -0.2) is 19.8 Å². The zero-order chi connectivity index (χ0) is 13.8. The fourth-order valence-corrected chi connectivity index (χ4v) is 2.77. The van der Waals surface area contributed by atoms with Crippen LogP contribution in [0.5, 0.6) is 11.5 Å². The monoisotopic (exact) mass is 291 g/mol. The molecule has 20 heavy (non-hydrogen) atoms. The summed E-state index contributed by atoms with van der Waals surface area (Å²) < 4.78 is 16.7. The van der Waals surface area contributed by atoms with Gasteiger partial charge in [-0.2, -0.15) is 0 Å². The highest BCUT2D eigenvalue weighted by molar-refractivity contribution is 7.09. The van der Waals surface area contributed by atoms with Crippen molar-refractivity contribution in [3.63, 3.8) is 0 Å². The maximum absolute atomic E-state index is 6.01. The number of nitrogen functional groups attached to an aromatic ring is 1. The van der Waals surface area contributed by atoms with Gasteiger partial charge in [0.2, 0.25) is 0 Å². The number of nitrogens with two attached hydrogens (primary N) is 1. The van der Waals surface area contributed by atoms with Crippen LogP contribution in [0.4, 0.5) is 5.69 Å². The number of anilines is 1. The van der Waals surface area contributed by atoms with Gasteiger partial charge >= 0.3 is 0 Å². The first-order chi connectivity index (χ1) is 9.83. The van der Waals surface area contributed by atoms with Crippen molar-refractivity contribution in [1.29, 1.82) is 0 Å². The maximum atomic E-state index is 6.01. The number of hydrogen-bond donors (Lipinski definition) is 1. The first-order valence-electron chi connectivity index (χ1n) is 6.61. The predicted molar refractivity (Wildman–Crippen MR) is 79.5 cm³/mol. The lowest BCUT2D eigenvalue weighted by Crippen LogP contribution is -2.16. The van der Waals surface area contributed by atoms with Crippen LogP contribution in [-0.2, 0) is 17.8 Å². The highest BCUT2D eigenvalue weighted by Gasteiger charge is 2.14. The lowest BCUT2D eigenvalue weighted by Gasteiger charge is -2.20. The van der Waals surface area contributed by atoms with Crippen molar-refractivity contribution in [2.24, 2.45) is 0 Å². The Hall–Kier alpha value is -1.72. The minimum absolute atomic E-state index is 0.494. The summed E-state index contributed by atoms with van der Waals surface area (Å²) >= 11 is 1.75. The minimum atomic E-state index is 0.494. The molecule has 2 heterocycles. The van der Waals surface area contributed by atoms with Gasteiger partial charge in [0.15, 0.2) is 11.5 Å². The molecule has 0 atom stereocenters. The van der Waals surface area contributed by atoms with Crippen LogP contribution in [0.2, 0.25) is 0 Å². The van der Waals surface area contributed by atoms with Gasteiger partial charge in [-0.15, -0.1) is 11.3 Å². The van der Waals surface area contributed by atoms with Crippen molar-refractivity contribution < 1.29 is 14.2 Å². The quantitative estimate of drug-likeness (QED) is 0.680. The standard InChI is InChI=1S/C15H17NO3S/c16-13-9-15-14(18-5-6-19-15)8-11(13)10-17-4-3-12-2-1-7-20-12/h1-2,7-9H,3-6,10,16H2. The average molecular weight is 291 g/mol. The molecule has 5 heteroatoms. The molecule has 0 fully saturated rings.